The molecule has 0 radical (unpaired) electrons. The number of anilines is 1. The zero-order valence-corrected chi connectivity index (χ0v) is 14.2. The minimum atomic E-state index is -0.214. The topological polar surface area (TPSA) is 54.9 Å². The average Bonchev–Trinajstić information content (AvgIpc) is 3.11. The largest absolute Gasteiger partial charge is 0.319 e. The zero-order valence-electron chi connectivity index (χ0n) is 13.3. The van der Waals surface area contributed by atoms with Gasteiger partial charge in [-0.2, -0.15) is 0 Å². The first-order valence-corrected chi connectivity index (χ1v) is 8.81. The molecular formula is C20H15N3OS. The van der Waals surface area contributed by atoms with Gasteiger partial charge in [0.25, 0.3) is 5.91 Å². The Morgan fingerprint density at radius 2 is 1.84 bits per heavy atom. The molecule has 4 nitrogen and oxygen atoms in total. The molecule has 25 heavy (non-hydrogen) atoms. The van der Waals surface area contributed by atoms with E-state index in [0.717, 1.165) is 22.3 Å². The summed E-state index contributed by atoms with van der Waals surface area (Å²) in [5, 5.41) is 6.63. The highest BCUT2D eigenvalue weighted by atomic mass is 32.1. The molecule has 0 fully saturated rings. The zero-order chi connectivity index (χ0) is 17.1. The van der Waals surface area contributed by atoms with Gasteiger partial charge in [0.15, 0.2) is 0 Å². The van der Waals surface area contributed by atoms with Gasteiger partial charge in [0.1, 0.15) is 5.69 Å². The first kappa shape index (κ1) is 15.5. The fraction of sp³-hybridized carbons (Fsp3) is 0.0500. The lowest BCUT2D eigenvalue weighted by Crippen LogP contribution is -2.13. The molecule has 122 valence electrons. The summed E-state index contributed by atoms with van der Waals surface area (Å²) in [6.07, 6.45) is 2.45. The number of hydrogen-bond donors (Lipinski definition) is 1. The number of fused-ring (bicyclic) bond motifs is 1. The van der Waals surface area contributed by atoms with Crippen molar-refractivity contribution in [2.45, 2.75) is 6.42 Å². The van der Waals surface area contributed by atoms with Crippen LogP contribution in [0.2, 0.25) is 0 Å². The summed E-state index contributed by atoms with van der Waals surface area (Å²) in [4.78, 5) is 21.4. The number of benzene rings is 2. The third-order valence-corrected chi connectivity index (χ3v) is 4.71. The van der Waals surface area contributed by atoms with E-state index in [9.17, 15) is 4.79 Å². The Kier molecular flexibility index (Phi) is 4.23. The molecule has 0 unspecified atom stereocenters. The molecule has 0 bridgehead atoms. The highest BCUT2D eigenvalue weighted by Crippen LogP contribution is 2.22. The number of nitrogens with one attached hydrogen (secondary N) is 1. The molecule has 2 aromatic carbocycles. The van der Waals surface area contributed by atoms with E-state index >= 15 is 0 Å². The Bertz CT molecular complexity index is 1020. The van der Waals surface area contributed by atoms with E-state index in [-0.39, 0.29) is 5.91 Å². The lowest BCUT2D eigenvalue weighted by atomic mass is 10.2. The molecule has 1 N–H and O–H groups in total. The van der Waals surface area contributed by atoms with Gasteiger partial charge in [-0.1, -0.05) is 48.5 Å². The number of para-hydroxylation sites is 1. The summed E-state index contributed by atoms with van der Waals surface area (Å²) in [6.45, 7) is 0. The van der Waals surface area contributed by atoms with Crippen LogP contribution >= 0.6 is 11.3 Å². The molecule has 0 saturated heterocycles. The van der Waals surface area contributed by atoms with Crippen LogP contribution in [-0.4, -0.2) is 15.9 Å². The molecule has 0 spiro atoms. The average molecular weight is 345 g/mol. The minimum absolute atomic E-state index is 0.214. The number of aromatic nitrogens is 2. The standard InChI is InChI=1S/C20H15N3OS/c24-20(23-16-10-4-8-15-9-5-11-21-19(15)16)17-13-25-18(22-17)12-14-6-2-1-3-7-14/h1-11,13H,12H2,(H,23,24). The van der Waals surface area contributed by atoms with E-state index in [1.165, 1.54) is 16.9 Å². The van der Waals surface area contributed by atoms with Crippen molar-refractivity contribution in [3.05, 3.63) is 88.5 Å². The maximum atomic E-state index is 12.5. The van der Waals surface area contributed by atoms with Gasteiger partial charge < -0.3 is 5.32 Å². The Morgan fingerprint density at radius 3 is 2.72 bits per heavy atom. The molecule has 0 atom stereocenters. The summed E-state index contributed by atoms with van der Waals surface area (Å²) in [6, 6.07) is 19.7. The van der Waals surface area contributed by atoms with Crippen molar-refractivity contribution < 1.29 is 4.79 Å². The lowest BCUT2D eigenvalue weighted by Gasteiger charge is -2.06. The van der Waals surface area contributed by atoms with E-state index in [2.05, 4.69) is 27.4 Å². The quantitative estimate of drug-likeness (QED) is 0.591. The Labute approximate surface area is 149 Å². The van der Waals surface area contributed by atoms with Gasteiger partial charge in [-0.3, -0.25) is 9.78 Å². The highest BCUT2D eigenvalue weighted by molar-refractivity contribution is 7.09. The SMILES string of the molecule is O=C(Nc1cccc2cccnc12)c1csc(Cc2ccccc2)n1. The van der Waals surface area contributed by atoms with E-state index in [1.807, 2.05) is 48.5 Å². The van der Waals surface area contributed by atoms with E-state index in [4.69, 9.17) is 0 Å². The highest BCUT2D eigenvalue weighted by Gasteiger charge is 2.13. The molecule has 0 aliphatic rings. The molecule has 4 aromatic rings. The van der Waals surface area contributed by atoms with Crippen LogP contribution in [0, 0.1) is 0 Å². The van der Waals surface area contributed by atoms with Gasteiger partial charge in [0.2, 0.25) is 0 Å². The molecule has 0 saturated carbocycles. The van der Waals surface area contributed by atoms with E-state index < -0.39 is 0 Å². The minimum Gasteiger partial charge on any atom is -0.319 e. The number of rotatable bonds is 4. The van der Waals surface area contributed by atoms with Crippen LogP contribution in [0.25, 0.3) is 10.9 Å². The molecule has 5 heteroatoms. The Morgan fingerprint density at radius 1 is 1.00 bits per heavy atom. The van der Waals surface area contributed by atoms with Crippen molar-refractivity contribution in [1.29, 1.82) is 0 Å². The van der Waals surface area contributed by atoms with Gasteiger partial charge >= 0.3 is 0 Å². The number of amides is 1. The van der Waals surface area contributed by atoms with Gasteiger partial charge in [0, 0.05) is 23.4 Å². The number of nitrogens with zero attached hydrogens (tertiary/aromatic N) is 2. The van der Waals surface area contributed by atoms with Crippen LogP contribution in [0.15, 0.2) is 72.2 Å². The van der Waals surface area contributed by atoms with E-state index in [1.54, 1.807) is 11.6 Å². The van der Waals surface area contributed by atoms with Gasteiger partial charge in [0.05, 0.1) is 16.2 Å². The van der Waals surface area contributed by atoms with Crippen LogP contribution in [0.3, 0.4) is 0 Å². The summed E-state index contributed by atoms with van der Waals surface area (Å²) in [5.41, 5.74) is 3.09. The molecule has 0 aliphatic carbocycles. The van der Waals surface area contributed by atoms with Crippen molar-refractivity contribution in [2.24, 2.45) is 0 Å². The molecule has 4 rings (SSSR count). The molecular weight excluding hydrogens is 330 g/mol. The number of carbonyl (C=O) groups excluding carboxylic acids is 1. The predicted octanol–water partition coefficient (Wildman–Crippen LogP) is 4.53. The second-order valence-corrected chi connectivity index (χ2v) is 6.57. The molecule has 2 aromatic heterocycles. The monoisotopic (exact) mass is 345 g/mol. The maximum absolute atomic E-state index is 12.5. The first-order chi connectivity index (χ1) is 12.3. The van der Waals surface area contributed by atoms with Crippen LogP contribution in [-0.2, 0) is 6.42 Å². The molecule has 1 amide bonds. The van der Waals surface area contributed by atoms with Crippen molar-refractivity contribution in [1.82, 2.24) is 9.97 Å². The predicted molar refractivity (Wildman–Crippen MR) is 101 cm³/mol. The summed E-state index contributed by atoms with van der Waals surface area (Å²) >= 11 is 1.50. The summed E-state index contributed by atoms with van der Waals surface area (Å²) in [7, 11) is 0. The number of carbonyl (C=O) groups is 1. The summed E-state index contributed by atoms with van der Waals surface area (Å²) < 4.78 is 0. The molecule has 0 aliphatic heterocycles. The number of pyridine rings is 1. The van der Waals surface area contributed by atoms with Crippen LogP contribution in [0.1, 0.15) is 21.1 Å². The van der Waals surface area contributed by atoms with Crippen molar-refractivity contribution in [2.75, 3.05) is 5.32 Å². The molecule has 2 heterocycles. The number of hydrogen-bond acceptors (Lipinski definition) is 4. The van der Waals surface area contributed by atoms with Crippen LogP contribution in [0.5, 0.6) is 0 Å². The van der Waals surface area contributed by atoms with Crippen LogP contribution in [0.4, 0.5) is 5.69 Å². The second-order valence-electron chi connectivity index (χ2n) is 5.62. The second kappa shape index (κ2) is 6.83. The maximum Gasteiger partial charge on any atom is 0.275 e. The smallest absolute Gasteiger partial charge is 0.275 e. The Balaban J connectivity index is 1.53. The Hall–Kier alpha value is -3.05. The fourth-order valence-electron chi connectivity index (χ4n) is 2.66. The third-order valence-electron chi connectivity index (χ3n) is 3.86. The van der Waals surface area contributed by atoms with Crippen molar-refractivity contribution in [3.8, 4) is 0 Å². The van der Waals surface area contributed by atoms with Gasteiger partial charge in [-0.15, -0.1) is 11.3 Å². The summed E-state index contributed by atoms with van der Waals surface area (Å²) in [5.74, 6) is -0.214. The van der Waals surface area contributed by atoms with Crippen molar-refractivity contribution in [3.63, 3.8) is 0 Å². The number of thiazole rings is 1. The van der Waals surface area contributed by atoms with Crippen molar-refractivity contribution >= 4 is 33.8 Å². The first-order valence-electron chi connectivity index (χ1n) is 7.93. The van der Waals surface area contributed by atoms with Gasteiger partial charge in [-0.25, -0.2) is 4.98 Å². The lowest BCUT2D eigenvalue weighted by molar-refractivity contribution is 0.102. The normalized spacial score (nSPS) is 10.7. The van der Waals surface area contributed by atoms with Gasteiger partial charge in [-0.05, 0) is 17.7 Å². The third kappa shape index (κ3) is 3.41. The van der Waals surface area contributed by atoms with Crippen LogP contribution < -0.4 is 5.32 Å². The van der Waals surface area contributed by atoms with E-state index in [0.29, 0.717) is 11.4 Å². The fourth-order valence-corrected chi connectivity index (χ4v) is 3.47.